The summed E-state index contributed by atoms with van der Waals surface area (Å²) in [5.74, 6) is -0.437. The molecule has 0 radical (unpaired) electrons. The van der Waals surface area contributed by atoms with Crippen molar-refractivity contribution in [2.24, 2.45) is 16.9 Å². The van der Waals surface area contributed by atoms with Gasteiger partial charge in [0.1, 0.15) is 0 Å². The summed E-state index contributed by atoms with van der Waals surface area (Å²) in [6, 6.07) is 5.51. The monoisotopic (exact) mass is 247 g/mol. The summed E-state index contributed by atoms with van der Waals surface area (Å²) in [5.41, 5.74) is 14.5. The van der Waals surface area contributed by atoms with Gasteiger partial charge in [0, 0.05) is 11.5 Å². The fraction of sp³-hybridized carbons (Fsp3) is 0.462. The van der Waals surface area contributed by atoms with E-state index in [1.165, 1.54) is 6.42 Å². The first kappa shape index (κ1) is 11.5. The van der Waals surface area contributed by atoms with Crippen molar-refractivity contribution in [3.63, 3.8) is 0 Å². The highest BCUT2D eigenvalue weighted by Gasteiger charge is 2.41. The van der Waals surface area contributed by atoms with Gasteiger partial charge in [0.2, 0.25) is 0 Å². The van der Waals surface area contributed by atoms with Gasteiger partial charge < -0.3 is 15.9 Å². The molecule has 1 aliphatic carbocycles. The molecule has 0 saturated heterocycles. The van der Waals surface area contributed by atoms with E-state index in [1.807, 2.05) is 18.2 Å². The summed E-state index contributed by atoms with van der Waals surface area (Å²) >= 11 is 0. The predicted octanol–water partition coefficient (Wildman–Crippen LogP) is 1.25. The largest absolute Gasteiger partial charge is 0.417 e. The van der Waals surface area contributed by atoms with E-state index in [4.69, 9.17) is 15.9 Å². The molecule has 1 aromatic heterocycles. The van der Waals surface area contributed by atoms with E-state index in [-0.39, 0.29) is 11.5 Å². The summed E-state index contributed by atoms with van der Waals surface area (Å²) < 4.78 is 5.06. The Kier molecular flexibility index (Phi) is 2.53. The van der Waals surface area contributed by atoms with Crippen LogP contribution < -0.4 is 17.2 Å². The Balaban J connectivity index is 2.00. The summed E-state index contributed by atoms with van der Waals surface area (Å²) in [7, 11) is 0. The molecule has 1 unspecified atom stereocenters. The molecule has 0 amide bonds. The Morgan fingerprint density at radius 2 is 2.22 bits per heavy atom. The maximum absolute atomic E-state index is 11.1. The molecular formula is C13H17N3O2. The van der Waals surface area contributed by atoms with Crippen molar-refractivity contribution in [2.75, 3.05) is 6.54 Å². The number of benzene rings is 1. The Bertz CT molecular complexity index is 619. The number of H-pyrrole nitrogens is 1. The molecular weight excluding hydrogens is 230 g/mol. The minimum Gasteiger partial charge on any atom is -0.408 e. The lowest BCUT2D eigenvalue weighted by Gasteiger charge is -2.45. The van der Waals surface area contributed by atoms with Crippen LogP contribution in [-0.2, 0) is 0 Å². The lowest BCUT2D eigenvalue weighted by atomic mass is 9.63. The highest BCUT2D eigenvalue weighted by atomic mass is 16.4. The molecule has 5 nitrogen and oxygen atoms in total. The second kappa shape index (κ2) is 3.96. The number of hydrogen-bond donors (Lipinski definition) is 3. The third kappa shape index (κ3) is 1.59. The van der Waals surface area contributed by atoms with Crippen molar-refractivity contribution in [3.05, 3.63) is 34.3 Å². The number of fused-ring (bicyclic) bond motifs is 1. The molecule has 0 spiro atoms. The van der Waals surface area contributed by atoms with Crippen LogP contribution in [0.25, 0.3) is 11.1 Å². The average molecular weight is 247 g/mol. The first-order chi connectivity index (χ1) is 8.64. The molecule has 0 bridgehead atoms. The molecule has 1 aliphatic rings. The molecule has 5 heteroatoms. The fourth-order valence-corrected chi connectivity index (χ4v) is 2.78. The van der Waals surface area contributed by atoms with E-state index in [0.717, 1.165) is 18.4 Å². The van der Waals surface area contributed by atoms with Crippen LogP contribution in [0.2, 0.25) is 0 Å². The number of nitrogens with one attached hydrogen (secondary N) is 1. The third-order valence-corrected chi connectivity index (χ3v) is 4.22. The fourth-order valence-electron chi connectivity index (χ4n) is 2.78. The maximum Gasteiger partial charge on any atom is 0.417 e. The Hall–Kier alpha value is -1.59. The quantitative estimate of drug-likeness (QED) is 0.760. The van der Waals surface area contributed by atoms with Gasteiger partial charge in [0.25, 0.3) is 0 Å². The van der Waals surface area contributed by atoms with Gasteiger partial charge in [-0.1, -0.05) is 12.5 Å². The van der Waals surface area contributed by atoms with Gasteiger partial charge >= 0.3 is 5.76 Å². The van der Waals surface area contributed by atoms with Gasteiger partial charge in [-0.3, -0.25) is 4.98 Å². The van der Waals surface area contributed by atoms with Crippen LogP contribution in [0.3, 0.4) is 0 Å². The average Bonchev–Trinajstić information content (AvgIpc) is 2.67. The van der Waals surface area contributed by atoms with E-state index in [2.05, 4.69) is 4.98 Å². The zero-order valence-electron chi connectivity index (χ0n) is 10.1. The van der Waals surface area contributed by atoms with Crippen LogP contribution in [0.15, 0.2) is 27.4 Å². The number of oxazole rings is 1. The number of hydrogen-bond acceptors (Lipinski definition) is 4. The number of nitrogens with two attached hydrogens (primary N) is 2. The molecule has 1 atom stereocenters. The molecule has 1 fully saturated rings. The molecule has 18 heavy (non-hydrogen) atoms. The summed E-state index contributed by atoms with van der Waals surface area (Å²) in [6.45, 7) is 0.600. The Labute approximate surface area is 104 Å². The zero-order chi connectivity index (χ0) is 12.8. The highest BCUT2D eigenvalue weighted by Crippen LogP contribution is 2.48. The summed E-state index contributed by atoms with van der Waals surface area (Å²) in [6.07, 6.45) is 3.33. The minimum absolute atomic E-state index is 0.0181. The van der Waals surface area contributed by atoms with E-state index in [0.29, 0.717) is 17.6 Å². The number of rotatable bonds is 3. The summed E-state index contributed by atoms with van der Waals surface area (Å²) in [5, 5.41) is 0. The van der Waals surface area contributed by atoms with Gasteiger partial charge in [-0.2, -0.15) is 0 Å². The zero-order valence-corrected chi connectivity index (χ0v) is 10.1. The molecule has 1 aromatic carbocycles. The van der Waals surface area contributed by atoms with Gasteiger partial charge in [-0.25, -0.2) is 4.79 Å². The normalized spacial score (nSPS) is 19.7. The van der Waals surface area contributed by atoms with Gasteiger partial charge in [-0.05, 0) is 37.1 Å². The second-order valence-corrected chi connectivity index (χ2v) is 5.17. The highest BCUT2D eigenvalue weighted by molar-refractivity contribution is 5.72. The van der Waals surface area contributed by atoms with Crippen molar-refractivity contribution in [2.45, 2.75) is 25.3 Å². The molecule has 1 heterocycles. The third-order valence-electron chi connectivity index (χ3n) is 4.22. The Morgan fingerprint density at radius 3 is 2.83 bits per heavy atom. The van der Waals surface area contributed by atoms with Gasteiger partial charge in [0.15, 0.2) is 5.58 Å². The minimum atomic E-state index is -0.437. The number of aromatic amines is 1. The van der Waals surface area contributed by atoms with Crippen molar-refractivity contribution in [1.29, 1.82) is 0 Å². The van der Waals surface area contributed by atoms with Gasteiger partial charge in [-0.15, -0.1) is 0 Å². The molecule has 96 valence electrons. The first-order valence-electron chi connectivity index (χ1n) is 6.23. The van der Waals surface area contributed by atoms with Crippen molar-refractivity contribution in [1.82, 2.24) is 4.98 Å². The van der Waals surface area contributed by atoms with Crippen LogP contribution in [0.4, 0.5) is 0 Å². The lowest BCUT2D eigenvalue weighted by Crippen LogP contribution is -2.46. The van der Waals surface area contributed by atoms with Crippen LogP contribution in [0.5, 0.6) is 0 Å². The van der Waals surface area contributed by atoms with Crippen molar-refractivity contribution >= 4 is 11.1 Å². The van der Waals surface area contributed by atoms with Crippen LogP contribution in [-0.4, -0.2) is 11.5 Å². The van der Waals surface area contributed by atoms with Gasteiger partial charge in [0.05, 0.1) is 5.52 Å². The topological polar surface area (TPSA) is 98.0 Å². The molecule has 2 aromatic rings. The Morgan fingerprint density at radius 1 is 1.44 bits per heavy atom. The van der Waals surface area contributed by atoms with E-state index in [9.17, 15) is 4.79 Å². The molecule has 3 rings (SSSR count). The SMILES string of the molecule is NCC1(C(N)c2ccc3[nH]c(=O)oc3c2)CCC1. The molecule has 1 saturated carbocycles. The predicted molar refractivity (Wildman–Crippen MR) is 69.1 cm³/mol. The lowest BCUT2D eigenvalue weighted by molar-refractivity contribution is 0.105. The van der Waals surface area contributed by atoms with Crippen molar-refractivity contribution in [3.8, 4) is 0 Å². The molecule has 0 aliphatic heterocycles. The molecule has 5 N–H and O–H groups in total. The van der Waals surface area contributed by atoms with Crippen LogP contribution >= 0.6 is 0 Å². The van der Waals surface area contributed by atoms with E-state index < -0.39 is 5.76 Å². The summed E-state index contributed by atoms with van der Waals surface area (Å²) in [4.78, 5) is 13.7. The first-order valence-corrected chi connectivity index (χ1v) is 6.23. The van der Waals surface area contributed by atoms with E-state index in [1.54, 1.807) is 0 Å². The smallest absolute Gasteiger partial charge is 0.408 e. The standard InChI is InChI=1S/C13H17N3O2/c14-7-13(4-1-5-13)11(15)8-2-3-9-10(6-8)18-12(17)16-9/h2-3,6,11H,1,4-5,7,14-15H2,(H,16,17). The van der Waals surface area contributed by atoms with E-state index >= 15 is 0 Å². The maximum atomic E-state index is 11.1. The second-order valence-electron chi connectivity index (χ2n) is 5.17. The van der Waals surface area contributed by atoms with Crippen LogP contribution in [0, 0.1) is 5.41 Å². The van der Waals surface area contributed by atoms with Crippen LogP contribution in [0.1, 0.15) is 30.9 Å². The van der Waals surface area contributed by atoms with Crippen molar-refractivity contribution < 1.29 is 4.42 Å². The number of aromatic nitrogens is 1.